The number of carbonyl (C=O) groups is 3. The molecule has 0 aliphatic carbocycles. The van der Waals surface area contributed by atoms with Crippen molar-refractivity contribution < 1.29 is 50.9 Å². The number of pyridine rings is 1. The summed E-state index contributed by atoms with van der Waals surface area (Å²) in [6, 6.07) is 19.6. The standard InChI is InChI=1S/C26H20ClN7O.2C2HF3O2/c27-21-15-28-26-31-18-5-3-4-16(12-18)7-8-17-13-19(30-24(21)33-26)9-10-22(17)32-25(35)20-14-29-34-11-2-1-6-23(20)34;2*3-2(4,5)1(6)7/h1-6,9-15H,7-8H2,(H,32,35)(H2,28,30,31,33);2*(H,6,7). The van der Waals surface area contributed by atoms with Crippen LogP contribution >= 0.6 is 11.6 Å². The maximum Gasteiger partial charge on any atom is 0.490 e. The van der Waals surface area contributed by atoms with Gasteiger partial charge in [-0.15, -0.1) is 0 Å². The number of aliphatic carboxylic acids is 2. The summed E-state index contributed by atoms with van der Waals surface area (Å²) in [5.74, 6) is -4.78. The second kappa shape index (κ2) is 14.9. The predicted octanol–water partition coefficient (Wildman–Crippen LogP) is 6.88. The van der Waals surface area contributed by atoms with Gasteiger partial charge in [0.05, 0.1) is 23.5 Å². The van der Waals surface area contributed by atoms with Crippen molar-refractivity contribution in [2.75, 3.05) is 16.0 Å². The molecule has 6 bridgehead atoms. The summed E-state index contributed by atoms with van der Waals surface area (Å²) in [5.41, 5.74) is 5.86. The number of amides is 1. The normalized spacial score (nSPS) is 12.1. The van der Waals surface area contributed by atoms with Crippen LogP contribution in [0, 0.1) is 0 Å². The van der Waals surface area contributed by atoms with Gasteiger partial charge < -0.3 is 26.2 Å². The Balaban J connectivity index is 0.000000327. The summed E-state index contributed by atoms with van der Waals surface area (Å²) in [4.78, 5) is 39.8. The van der Waals surface area contributed by atoms with Crippen LogP contribution in [0.2, 0.25) is 5.02 Å². The van der Waals surface area contributed by atoms with Crippen LogP contribution < -0.4 is 16.0 Å². The maximum absolute atomic E-state index is 13.2. The van der Waals surface area contributed by atoms with Crippen molar-refractivity contribution in [2.24, 2.45) is 0 Å². The highest BCUT2D eigenvalue weighted by Crippen LogP contribution is 2.30. The SMILES string of the molecule is O=C(Nc1ccc2cc1CCc1cccc(c1)Nc1ncc(Cl)c(n1)N2)c1cnn2ccccc12.O=C(O)C(F)(F)F.O=C(O)C(F)(F)F. The lowest BCUT2D eigenvalue weighted by Gasteiger charge is -2.14. The number of aryl methyl sites for hydroxylation is 2. The molecular weight excluding hydrogens is 688 g/mol. The van der Waals surface area contributed by atoms with Crippen LogP contribution in [0.3, 0.4) is 0 Å². The third-order valence-electron chi connectivity index (χ3n) is 6.38. The van der Waals surface area contributed by atoms with Gasteiger partial charge in [-0.1, -0.05) is 29.8 Å². The lowest BCUT2D eigenvalue weighted by atomic mass is 10.0. The summed E-state index contributed by atoms with van der Waals surface area (Å²) in [6.45, 7) is 0. The number of hydrogen-bond acceptors (Lipinski definition) is 8. The highest BCUT2D eigenvalue weighted by atomic mass is 35.5. The molecule has 0 saturated carbocycles. The predicted molar refractivity (Wildman–Crippen MR) is 164 cm³/mol. The molecule has 0 unspecified atom stereocenters. The first-order chi connectivity index (χ1) is 23.0. The van der Waals surface area contributed by atoms with E-state index < -0.39 is 24.3 Å². The molecule has 0 radical (unpaired) electrons. The van der Waals surface area contributed by atoms with Crippen molar-refractivity contribution >= 4 is 63.8 Å². The largest absolute Gasteiger partial charge is 0.490 e. The van der Waals surface area contributed by atoms with Crippen LogP contribution in [0.5, 0.6) is 0 Å². The molecule has 5 aromatic rings. The zero-order valence-corrected chi connectivity index (χ0v) is 25.2. The van der Waals surface area contributed by atoms with E-state index in [0.29, 0.717) is 22.4 Å². The van der Waals surface area contributed by atoms with Gasteiger partial charge in [0, 0.05) is 23.3 Å². The van der Waals surface area contributed by atoms with Crippen LogP contribution in [0.1, 0.15) is 21.5 Å². The molecule has 0 atom stereocenters. The lowest BCUT2D eigenvalue weighted by molar-refractivity contribution is -0.193. The van der Waals surface area contributed by atoms with Crippen LogP contribution in [0.25, 0.3) is 5.52 Å². The Morgan fingerprint density at radius 1 is 0.837 bits per heavy atom. The summed E-state index contributed by atoms with van der Waals surface area (Å²) in [6.07, 6.45) is -3.69. The molecule has 1 aliphatic rings. The Morgan fingerprint density at radius 2 is 1.51 bits per heavy atom. The number of aromatic nitrogens is 4. The fourth-order valence-corrected chi connectivity index (χ4v) is 4.30. The minimum Gasteiger partial charge on any atom is -0.475 e. The Hall–Kier alpha value is -5.91. The van der Waals surface area contributed by atoms with Gasteiger partial charge in [-0.2, -0.15) is 36.4 Å². The number of nitrogens with one attached hydrogen (secondary N) is 3. The number of carbonyl (C=O) groups excluding carboxylic acids is 1. The van der Waals surface area contributed by atoms with E-state index in [1.54, 1.807) is 16.9 Å². The summed E-state index contributed by atoms with van der Waals surface area (Å²) in [7, 11) is 0. The highest BCUT2D eigenvalue weighted by molar-refractivity contribution is 6.32. The van der Waals surface area contributed by atoms with E-state index in [4.69, 9.17) is 31.4 Å². The van der Waals surface area contributed by atoms with Gasteiger partial charge in [-0.05, 0) is 66.4 Å². The number of carboxylic acids is 2. The first kappa shape index (κ1) is 35.9. The van der Waals surface area contributed by atoms with Crippen LogP contribution in [-0.2, 0) is 22.4 Å². The van der Waals surface area contributed by atoms with Gasteiger partial charge in [-0.3, -0.25) is 4.79 Å². The Bertz CT molecular complexity index is 1980. The minimum atomic E-state index is -5.08. The number of carboxylic acid groups (broad SMARTS) is 2. The van der Waals surface area contributed by atoms with E-state index in [0.717, 1.165) is 46.5 Å². The number of hydrogen-bond donors (Lipinski definition) is 5. The first-order valence-corrected chi connectivity index (χ1v) is 14.0. The van der Waals surface area contributed by atoms with Gasteiger partial charge >= 0.3 is 24.3 Å². The third-order valence-corrected chi connectivity index (χ3v) is 6.66. The number of halogens is 7. The first-order valence-electron chi connectivity index (χ1n) is 13.6. The second-order valence-corrected chi connectivity index (χ2v) is 10.3. The quantitative estimate of drug-likeness (QED) is 0.122. The average molecular weight is 710 g/mol. The van der Waals surface area contributed by atoms with Crippen molar-refractivity contribution in [1.29, 1.82) is 0 Å². The summed E-state index contributed by atoms with van der Waals surface area (Å²) >= 11 is 6.36. The van der Waals surface area contributed by atoms with E-state index in [1.165, 1.54) is 0 Å². The molecule has 4 heterocycles. The van der Waals surface area contributed by atoms with Gasteiger partial charge in [0.1, 0.15) is 5.02 Å². The summed E-state index contributed by atoms with van der Waals surface area (Å²) in [5, 5.41) is 28.5. The van der Waals surface area contributed by atoms with Crippen molar-refractivity contribution in [3.8, 4) is 0 Å². The highest BCUT2D eigenvalue weighted by Gasteiger charge is 2.38. The van der Waals surface area contributed by atoms with Crippen molar-refractivity contribution in [3.05, 3.63) is 101 Å². The summed E-state index contributed by atoms with van der Waals surface area (Å²) < 4.78 is 65.2. The number of alkyl halides is 6. The molecule has 12 nitrogen and oxygen atoms in total. The topological polar surface area (TPSA) is 171 Å². The Kier molecular flexibility index (Phi) is 10.9. The molecule has 2 aromatic carbocycles. The number of fused-ring (bicyclic) bond motifs is 7. The molecule has 0 fully saturated rings. The van der Waals surface area contributed by atoms with Gasteiger partial charge in [0.2, 0.25) is 5.95 Å². The molecule has 256 valence electrons. The number of anilines is 5. The number of rotatable bonds is 2. The van der Waals surface area contributed by atoms with Crippen LogP contribution in [-0.4, -0.2) is 60.0 Å². The Morgan fingerprint density at radius 3 is 2.18 bits per heavy atom. The lowest BCUT2D eigenvalue weighted by Crippen LogP contribution is -2.21. The fourth-order valence-electron chi connectivity index (χ4n) is 4.16. The molecule has 1 aliphatic heterocycles. The van der Waals surface area contributed by atoms with Gasteiger partial charge in [0.15, 0.2) is 5.82 Å². The molecule has 5 N–H and O–H groups in total. The number of benzene rings is 2. The Labute approximate surface area is 276 Å². The molecule has 0 spiro atoms. The molecule has 19 heteroatoms. The minimum absolute atomic E-state index is 0.208. The van der Waals surface area contributed by atoms with Gasteiger partial charge in [-0.25, -0.2) is 19.1 Å². The molecule has 1 amide bonds. The van der Waals surface area contributed by atoms with Crippen molar-refractivity contribution in [2.45, 2.75) is 25.2 Å². The second-order valence-electron chi connectivity index (χ2n) is 9.86. The van der Waals surface area contributed by atoms with Gasteiger partial charge in [0.25, 0.3) is 5.91 Å². The number of nitrogens with zero attached hydrogens (tertiary/aromatic N) is 4. The molecule has 6 rings (SSSR count). The molecule has 0 saturated heterocycles. The maximum atomic E-state index is 13.2. The zero-order valence-electron chi connectivity index (χ0n) is 24.5. The van der Waals surface area contributed by atoms with Crippen LogP contribution in [0.15, 0.2) is 79.3 Å². The van der Waals surface area contributed by atoms with Crippen molar-refractivity contribution in [3.63, 3.8) is 0 Å². The van der Waals surface area contributed by atoms with Crippen LogP contribution in [0.4, 0.5) is 55.2 Å². The molecule has 49 heavy (non-hydrogen) atoms. The fraction of sp³-hybridized carbons (Fsp3) is 0.133. The average Bonchev–Trinajstić information content (AvgIpc) is 3.47. The zero-order chi connectivity index (χ0) is 35.9. The van der Waals surface area contributed by atoms with E-state index >= 15 is 0 Å². The molecular formula is C30H22ClF6N7O5. The third kappa shape index (κ3) is 9.80. The van der Waals surface area contributed by atoms with E-state index in [9.17, 15) is 31.1 Å². The smallest absolute Gasteiger partial charge is 0.475 e. The monoisotopic (exact) mass is 709 g/mol. The van der Waals surface area contributed by atoms with E-state index in [1.807, 2.05) is 54.7 Å². The van der Waals surface area contributed by atoms with E-state index in [-0.39, 0.29) is 5.91 Å². The van der Waals surface area contributed by atoms with E-state index in [2.05, 4.69) is 43.1 Å². The molecule has 3 aromatic heterocycles. The van der Waals surface area contributed by atoms with Crippen molar-refractivity contribution in [1.82, 2.24) is 19.6 Å².